The fourth-order valence-electron chi connectivity index (χ4n) is 9.02. The Balaban J connectivity index is 1.34. The van der Waals surface area contributed by atoms with Crippen molar-refractivity contribution >= 4 is 10.8 Å². The van der Waals surface area contributed by atoms with E-state index in [1.807, 2.05) is 0 Å². The van der Waals surface area contributed by atoms with E-state index >= 15 is 0 Å². The summed E-state index contributed by atoms with van der Waals surface area (Å²) in [7, 11) is 0. The van der Waals surface area contributed by atoms with Crippen LogP contribution in [0.1, 0.15) is 54.4 Å². The molecule has 0 N–H and O–H groups in total. The van der Waals surface area contributed by atoms with E-state index in [4.69, 9.17) is 0 Å². The molecule has 9 rings (SSSR count). The number of hydrogen-bond donors (Lipinski definition) is 0. The van der Waals surface area contributed by atoms with Crippen molar-refractivity contribution in [3.05, 3.63) is 107 Å². The van der Waals surface area contributed by atoms with Crippen LogP contribution in [0.5, 0.6) is 0 Å². The van der Waals surface area contributed by atoms with E-state index < -0.39 is 0 Å². The van der Waals surface area contributed by atoms with Crippen LogP contribution in [0.15, 0.2) is 84.9 Å². The van der Waals surface area contributed by atoms with Crippen molar-refractivity contribution in [2.45, 2.75) is 43.9 Å². The molecule has 5 aliphatic carbocycles. The maximum Gasteiger partial charge on any atom is 0.0274 e. The number of hydrogen-bond acceptors (Lipinski definition) is 0. The first-order valence-electron chi connectivity index (χ1n) is 13.0. The topological polar surface area (TPSA) is 0 Å². The average Bonchev–Trinajstić information content (AvgIpc) is 3.14. The minimum Gasteiger partial charge on any atom is -0.0619 e. The lowest BCUT2D eigenvalue weighted by molar-refractivity contribution is -0.0402. The fraction of sp³-hybridized carbons (Fsp3) is 0.333. The lowest BCUT2D eigenvalue weighted by Crippen LogP contribution is -2.55. The minimum atomic E-state index is 0.257. The first-order valence-corrected chi connectivity index (χ1v) is 13.0. The minimum absolute atomic E-state index is 0.257. The highest BCUT2D eigenvalue weighted by molar-refractivity contribution is 5.85. The summed E-state index contributed by atoms with van der Waals surface area (Å²) in [5.41, 5.74) is 9.72. The predicted molar refractivity (Wildman–Crippen MR) is 136 cm³/mol. The van der Waals surface area contributed by atoms with Crippen molar-refractivity contribution in [2.24, 2.45) is 23.7 Å². The molecule has 0 heteroatoms. The van der Waals surface area contributed by atoms with Crippen LogP contribution in [0, 0.1) is 23.7 Å². The Bertz CT molecular complexity index is 1380. The summed E-state index contributed by atoms with van der Waals surface area (Å²) in [6, 6.07) is 32.5. The lowest BCUT2D eigenvalue weighted by Gasteiger charge is -2.61. The van der Waals surface area contributed by atoms with E-state index in [-0.39, 0.29) is 5.41 Å². The second kappa shape index (κ2) is 6.60. The molecular formula is C33H30. The highest BCUT2D eigenvalue weighted by Crippen LogP contribution is 2.69. The van der Waals surface area contributed by atoms with E-state index in [2.05, 4.69) is 84.9 Å². The molecule has 0 amide bonds. The summed E-state index contributed by atoms with van der Waals surface area (Å²) in [5.74, 6) is 3.63. The molecule has 162 valence electrons. The Hall–Kier alpha value is -2.86. The van der Waals surface area contributed by atoms with Gasteiger partial charge in [0.15, 0.2) is 0 Å². The molecule has 0 unspecified atom stereocenters. The highest BCUT2D eigenvalue weighted by Gasteiger charge is 2.61. The summed E-state index contributed by atoms with van der Waals surface area (Å²) in [5, 5.41) is 2.69. The molecule has 1 spiro atoms. The molecule has 0 aromatic heterocycles. The zero-order valence-corrected chi connectivity index (χ0v) is 19.1. The van der Waals surface area contributed by atoms with Gasteiger partial charge in [-0.3, -0.25) is 0 Å². The maximum absolute atomic E-state index is 2.50. The number of benzene rings is 4. The van der Waals surface area contributed by atoms with Gasteiger partial charge in [0.25, 0.3) is 0 Å². The molecule has 5 aliphatic rings. The monoisotopic (exact) mass is 426 g/mol. The molecule has 4 fully saturated rings. The molecule has 4 bridgehead atoms. The summed E-state index contributed by atoms with van der Waals surface area (Å²) >= 11 is 0. The van der Waals surface area contributed by atoms with Gasteiger partial charge < -0.3 is 0 Å². The smallest absolute Gasteiger partial charge is 0.0274 e. The van der Waals surface area contributed by atoms with Gasteiger partial charge in [0.05, 0.1) is 0 Å². The van der Waals surface area contributed by atoms with Crippen LogP contribution in [-0.2, 0) is 11.8 Å². The van der Waals surface area contributed by atoms with E-state index in [0.717, 1.165) is 30.1 Å². The maximum atomic E-state index is 2.50. The molecular weight excluding hydrogens is 396 g/mol. The molecule has 0 nitrogen and oxygen atoms in total. The average molecular weight is 427 g/mol. The second-order valence-corrected chi connectivity index (χ2v) is 11.4. The first-order chi connectivity index (χ1) is 16.3. The molecule has 0 atom stereocenters. The number of fused-ring (bicyclic) bond motifs is 4. The van der Waals surface area contributed by atoms with E-state index in [1.54, 1.807) is 16.7 Å². The summed E-state index contributed by atoms with van der Waals surface area (Å²) in [4.78, 5) is 0. The Kier molecular flexibility index (Phi) is 3.71. The first kappa shape index (κ1) is 18.6. The molecule has 4 aromatic rings. The Morgan fingerprint density at radius 1 is 0.606 bits per heavy atom. The van der Waals surface area contributed by atoms with Gasteiger partial charge in [-0.05, 0) is 106 Å². The summed E-state index contributed by atoms with van der Waals surface area (Å²) in [6.45, 7) is 0. The Morgan fingerprint density at radius 2 is 1.30 bits per heavy atom. The van der Waals surface area contributed by atoms with Crippen LogP contribution >= 0.6 is 0 Å². The molecule has 0 heterocycles. The lowest BCUT2D eigenvalue weighted by atomic mass is 9.43. The fourth-order valence-corrected chi connectivity index (χ4v) is 9.02. The van der Waals surface area contributed by atoms with Crippen LogP contribution in [0.25, 0.3) is 21.9 Å². The van der Waals surface area contributed by atoms with Gasteiger partial charge in [-0.2, -0.15) is 0 Å². The van der Waals surface area contributed by atoms with Crippen molar-refractivity contribution in [3.8, 4) is 11.1 Å². The van der Waals surface area contributed by atoms with Crippen LogP contribution < -0.4 is 0 Å². The summed E-state index contributed by atoms with van der Waals surface area (Å²) < 4.78 is 0. The van der Waals surface area contributed by atoms with Gasteiger partial charge in [0, 0.05) is 5.41 Å². The largest absolute Gasteiger partial charge is 0.0619 e. The van der Waals surface area contributed by atoms with Crippen molar-refractivity contribution in [3.63, 3.8) is 0 Å². The molecule has 0 radical (unpaired) electrons. The van der Waals surface area contributed by atoms with E-state index in [1.165, 1.54) is 59.6 Å². The van der Waals surface area contributed by atoms with E-state index in [9.17, 15) is 0 Å². The zero-order chi connectivity index (χ0) is 21.6. The summed E-state index contributed by atoms with van der Waals surface area (Å²) in [6.07, 6.45) is 8.35. The van der Waals surface area contributed by atoms with Crippen LogP contribution in [-0.4, -0.2) is 0 Å². The van der Waals surface area contributed by atoms with Gasteiger partial charge in [0.2, 0.25) is 0 Å². The van der Waals surface area contributed by atoms with Gasteiger partial charge in [-0.1, -0.05) is 84.9 Å². The highest BCUT2D eigenvalue weighted by atomic mass is 14.6. The Labute approximate surface area is 196 Å². The van der Waals surface area contributed by atoms with Crippen molar-refractivity contribution in [2.75, 3.05) is 0 Å². The van der Waals surface area contributed by atoms with E-state index in [0.29, 0.717) is 0 Å². The van der Waals surface area contributed by atoms with Gasteiger partial charge in [0.1, 0.15) is 0 Å². The van der Waals surface area contributed by atoms with Gasteiger partial charge >= 0.3 is 0 Å². The third-order valence-electron chi connectivity index (χ3n) is 9.86. The number of rotatable bonds is 2. The van der Waals surface area contributed by atoms with Crippen molar-refractivity contribution < 1.29 is 0 Å². The normalized spacial score (nSPS) is 30.7. The molecule has 33 heavy (non-hydrogen) atoms. The van der Waals surface area contributed by atoms with Gasteiger partial charge in [-0.25, -0.2) is 0 Å². The van der Waals surface area contributed by atoms with Crippen LogP contribution in [0.2, 0.25) is 0 Å². The van der Waals surface area contributed by atoms with Crippen LogP contribution in [0.4, 0.5) is 0 Å². The third-order valence-corrected chi connectivity index (χ3v) is 9.86. The third kappa shape index (κ3) is 2.42. The van der Waals surface area contributed by atoms with Gasteiger partial charge in [-0.15, -0.1) is 0 Å². The van der Waals surface area contributed by atoms with Crippen molar-refractivity contribution in [1.29, 1.82) is 0 Å². The quantitative estimate of drug-likeness (QED) is 0.303. The SMILES string of the molecule is c1ccc2c(c1)-c1cccc(Cc3ccc4ccccc4c3)c1C21C2CC3CC(C2)CC1C3. The van der Waals surface area contributed by atoms with Crippen molar-refractivity contribution in [1.82, 2.24) is 0 Å². The standard InChI is InChI=1S/C33H30/c1-2-7-25-15-21(12-13-24(25)6-1)16-26-8-5-10-30-29-9-3-4-11-31(29)33(32(26)30)27-17-22-14-23(19-27)20-28(33)18-22/h1-13,15,22-23,27-28H,14,16-20H2. The Morgan fingerprint density at radius 3 is 2.12 bits per heavy atom. The predicted octanol–water partition coefficient (Wildman–Crippen LogP) is 8.15. The zero-order valence-electron chi connectivity index (χ0n) is 19.1. The molecule has 4 saturated carbocycles. The van der Waals surface area contributed by atoms with Crippen LogP contribution in [0.3, 0.4) is 0 Å². The second-order valence-electron chi connectivity index (χ2n) is 11.4. The molecule has 0 aliphatic heterocycles. The molecule has 4 aromatic carbocycles. The molecule has 0 saturated heterocycles.